The van der Waals surface area contributed by atoms with Crippen LogP contribution in [0, 0.1) is 0 Å². The molecule has 78 valence electrons. The fraction of sp³-hybridized carbons (Fsp3) is 0. The molecular weight excluding hydrogens is 341 g/mol. The minimum absolute atomic E-state index is 0. The summed E-state index contributed by atoms with van der Waals surface area (Å²) in [6, 6.07) is 0. The molecule has 0 aliphatic rings. The first-order chi connectivity index (χ1) is 3.71. The van der Waals surface area contributed by atoms with Crippen LogP contribution in [0.1, 0.15) is 0 Å². The Labute approximate surface area is 89.6 Å². The van der Waals surface area contributed by atoms with E-state index in [9.17, 15) is 7.35 Å². The first kappa shape index (κ1) is 18.4. The Hall–Kier alpha value is 1.61. The van der Waals surface area contributed by atoms with Gasteiger partial charge < -0.3 is 0 Å². The van der Waals surface area contributed by atoms with Crippen molar-refractivity contribution < 1.29 is 90.2 Å². The van der Waals surface area contributed by atoms with Gasteiger partial charge in [0.05, 0.1) is 0 Å². The zero-order valence-electron chi connectivity index (χ0n) is 4.51. The quantitative estimate of drug-likeness (QED) is 0.407. The van der Waals surface area contributed by atoms with E-state index in [1.165, 1.54) is 0 Å². The summed E-state index contributed by atoms with van der Waals surface area (Å²) in [4.78, 5) is 0. The van der Waals surface area contributed by atoms with Crippen molar-refractivity contribution in [1.82, 2.24) is 0 Å². The van der Waals surface area contributed by atoms with E-state index in [4.69, 9.17) is 16.1 Å². The van der Waals surface area contributed by atoms with E-state index < -0.39 is 30.0 Å². The third-order valence-electron chi connectivity index (χ3n) is 0.213. The molecule has 11 heavy (non-hydrogen) atoms. The maximum absolute atomic E-state index is 9.70. The molecule has 0 rings (SSSR count). The van der Waals surface area contributed by atoms with Crippen molar-refractivity contribution in [2.24, 2.45) is 0 Å². The SMILES string of the molecule is [Cu].[Cu].[O]=[V]([OH])([OH])[O][V](=[O])([OH])[OH]. The fourth-order valence-electron chi connectivity index (χ4n) is 0.139. The molecule has 0 saturated carbocycles. The van der Waals surface area contributed by atoms with Gasteiger partial charge >= 0.3 is 56.1 Å². The standard InChI is InChI=1S/2Cu.4H2O.3O.2V/h;;4*1H2;;;;;/q;;;;;;;;;2*+2/p-4. The molecule has 0 unspecified atom stereocenters. The zero-order valence-corrected chi connectivity index (χ0v) is 9.19. The second-order valence-corrected chi connectivity index (χ2v) is 5.43. The van der Waals surface area contributed by atoms with Gasteiger partial charge in [-0.3, -0.25) is 0 Å². The van der Waals surface area contributed by atoms with Gasteiger partial charge in [-0.25, -0.2) is 0 Å². The van der Waals surface area contributed by atoms with Gasteiger partial charge in [0, 0.05) is 34.1 Å². The molecule has 0 amide bonds. The van der Waals surface area contributed by atoms with Crippen molar-refractivity contribution in [3.63, 3.8) is 0 Å². The van der Waals surface area contributed by atoms with E-state index in [0.717, 1.165) is 0 Å². The summed E-state index contributed by atoms with van der Waals surface area (Å²) in [6.45, 7) is 0. The Bertz CT molecular complexity index is 155. The third-order valence-corrected chi connectivity index (χ3v) is 3.62. The Kier molecular flexibility index (Phi) is 10.2. The Morgan fingerprint density at radius 2 is 1.00 bits per heavy atom. The summed E-state index contributed by atoms with van der Waals surface area (Å²) >= 11 is -11.2. The molecule has 0 saturated heterocycles. The summed E-state index contributed by atoms with van der Waals surface area (Å²) in [7, 11) is 0. The van der Waals surface area contributed by atoms with Gasteiger partial charge in [-0.1, -0.05) is 0 Å². The molecule has 11 heteroatoms. The zero-order chi connectivity index (χ0) is 7.71. The normalized spacial score (nSPS) is 11.3. The van der Waals surface area contributed by atoms with E-state index in [-0.39, 0.29) is 34.1 Å². The van der Waals surface area contributed by atoms with Crippen LogP contribution in [-0.4, -0.2) is 16.1 Å². The molecule has 0 aliphatic heterocycles. The van der Waals surface area contributed by atoms with Gasteiger partial charge in [0.15, 0.2) is 0 Å². The van der Waals surface area contributed by atoms with Crippen molar-refractivity contribution in [3.8, 4) is 0 Å². The molecular formula is H4Cu2O7V2. The van der Waals surface area contributed by atoms with Crippen molar-refractivity contribution in [3.05, 3.63) is 0 Å². The Morgan fingerprint density at radius 3 is 1.00 bits per heavy atom. The van der Waals surface area contributed by atoms with Crippen LogP contribution >= 0.6 is 0 Å². The van der Waals surface area contributed by atoms with Gasteiger partial charge in [0.1, 0.15) is 0 Å². The Balaban J connectivity index is -0.000000320. The van der Waals surface area contributed by atoms with Crippen LogP contribution in [0.4, 0.5) is 0 Å². The summed E-state index contributed by atoms with van der Waals surface area (Å²) in [5, 5.41) is 0. The Morgan fingerprint density at radius 1 is 0.818 bits per heavy atom. The molecule has 0 spiro atoms. The van der Waals surface area contributed by atoms with Crippen molar-refractivity contribution in [1.29, 1.82) is 0 Å². The van der Waals surface area contributed by atoms with Gasteiger partial charge in [-0.05, 0) is 0 Å². The predicted octanol–water partition coefficient (Wildman–Crippen LogP) is -2.54. The average Bonchev–Trinajstić information content (AvgIpc) is 1.14. The maximum atomic E-state index is 9.70. The van der Waals surface area contributed by atoms with Crippen molar-refractivity contribution in [2.45, 2.75) is 0 Å². The monoisotopic (exact) mass is 344 g/mol. The van der Waals surface area contributed by atoms with Crippen LogP contribution in [0.2, 0.25) is 0 Å². The van der Waals surface area contributed by atoms with Crippen LogP contribution in [0.15, 0.2) is 0 Å². The van der Waals surface area contributed by atoms with Gasteiger partial charge in [0.2, 0.25) is 0 Å². The molecule has 0 fully saturated rings. The van der Waals surface area contributed by atoms with Gasteiger partial charge in [-0.2, -0.15) is 0 Å². The van der Waals surface area contributed by atoms with E-state index in [0.29, 0.717) is 0 Å². The number of rotatable bonds is 2. The number of hydrogen-bond donors (Lipinski definition) is 4. The molecule has 0 aliphatic carbocycles. The summed E-state index contributed by atoms with van der Waals surface area (Å²) in [5.41, 5.74) is 0. The second-order valence-electron chi connectivity index (χ2n) is 1.06. The second kappa shape index (κ2) is 6.12. The topological polar surface area (TPSA) is 124 Å². The van der Waals surface area contributed by atoms with Gasteiger partial charge in [0.25, 0.3) is 0 Å². The van der Waals surface area contributed by atoms with Crippen LogP contribution in [0.5, 0.6) is 0 Å². The molecule has 0 atom stereocenters. The summed E-state index contributed by atoms with van der Waals surface area (Å²) in [6.07, 6.45) is 0. The van der Waals surface area contributed by atoms with E-state index >= 15 is 0 Å². The molecule has 0 heterocycles. The van der Waals surface area contributed by atoms with Crippen molar-refractivity contribution in [2.75, 3.05) is 0 Å². The molecule has 0 aromatic carbocycles. The first-order valence-electron chi connectivity index (χ1n) is 1.53. The molecule has 0 aromatic heterocycles. The van der Waals surface area contributed by atoms with E-state index in [1.807, 2.05) is 0 Å². The van der Waals surface area contributed by atoms with E-state index in [2.05, 4.69) is 2.59 Å². The first-order valence-corrected chi connectivity index (χ1v) is 6.31. The van der Waals surface area contributed by atoms with Crippen LogP contribution < -0.4 is 0 Å². The van der Waals surface area contributed by atoms with Crippen molar-refractivity contribution >= 4 is 0 Å². The molecule has 4 N–H and O–H groups in total. The molecule has 0 bridgehead atoms. The fourth-order valence-corrected chi connectivity index (χ4v) is 2.36. The third kappa shape index (κ3) is 18.5. The van der Waals surface area contributed by atoms with Gasteiger partial charge in [-0.15, -0.1) is 0 Å². The predicted molar refractivity (Wildman–Crippen MR) is 11.3 cm³/mol. The minimum atomic E-state index is -5.58. The van der Waals surface area contributed by atoms with Crippen LogP contribution in [-0.2, 0) is 74.1 Å². The number of hydrogen-bond acceptors (Lipinski definition) is 3. The van der Waals surface area contributed by atoms with Crippen LogP contribution in [0.25, 0.3) is 0 Å². The summed E-state index contributed by atoms with van der Waals surface area (Å²) < 4.78 is 53.8. The van der Waals surface area contributed by atoms with E-state index in [1.54, 1.807) is 0 Å². The molecule has 7 nitrogen and oxygen atoms in total. The van der Waals surface area contributed by atoms with Crippen LogP contribution in [0.3, 0.4) is 0 Å². The average molecular weight is 345 g/mol. The summed E-state index contributed by atoms with van der Waals surface area (Å²) in [5.74, 6) is 0. The molecule has 2 radical (unpaired) electrons. The molecule has 0 aromatic rings.